The van der Waals surface area contributed by atoms with Crippen molar-refractivity contribution in [1.82, 2.24) is 4.98 Å². The maximum absolute atomic E-state index is 5.62. The minimum atomic E-state index is -0.320. The first kappa shape index (κ1) is 13.2. The Balaban J connectivity index is 2.54. The molecule has 0 amide bonds. The van der Waals surface area contributed by atoms with E-state index < -0.39 is 0 Å². The molecule has 1 rings (SSSR count). The zero-order valence-corrected chi connectivity index (χ0v) is 11.4. The van der Waals surface area contributed by atoms with Crippen molar-refractivity contribution < 1.29 is 4.84 Å². The van der Waals surface area contributed by atoms with Crippen molar-refractivity contribution in [2.24, 2.45) is 0 Å². The van der Waals surface area contributed by atoms with Crippen LogP contribution in [0.15, 0.2) is 17.8 Å². The number of allylic oxidation sites excluding steroid dienone is 1. The van der Waals surface area contributed by atoms with Crippen molar-refractivity contribution in [3.8, 4) is 0 Å². The number of nitrogens with zero attached hydrogens (tertiary/aromatic N) is 1. The fraction of sp³-hybridized carbons (Fsp3) is 0.583. The monoisotopic (exact) mass is 240 g/mol. The minimum Gasteiger partial charge on any atom is -0.264 e. The standard InChI is InChI=1S/C12H20N2OS/c1-6-9(2)7-12(4,5)15-14-11-13-8-10(3)16-11/h7-8H,6H2,1-5H3,(H,13,14)/b9-7-. The largest absolute Gasteiger partial charge is 0.264 e. The van der Waals surface area contributed by atoms with Crippen LogP contribution in [0.4, 0.5) is 5.13 Å². The molecular formula is C12H20N2OS. The number of aromatic nitrogens is 1. The summed E-state index contributed by atoms with van der Waals surface area (Å²) in [5.74, 6) is 0. The fourth-order valence-electron chi connectivity index (χ4n) is 1.30. The molecule has 0 bridgehead atoms. The molecule has 0 fully saturated rings. The minimum absolute atomic E-state index is 0.320. The molecule has 0 aromatic carbocycles. The molecule has 1 N–H and O–H groups in total. The summed E-state index contributed by atoms with van der Waals surface area (Å²) < 4.78 is 0. The molecule has 0 aliphatic heterocycles. The van der Waals surface area contributed by atoms with Crippen molar-refractivity contribution in [1.29, 1.82) is 0 Å². The molecule has 1 aromatic heterocycles. The Kier molecular flexibility index (Phi) is 4.50. The molecule has 0 aliphatic carbocycles. The summed E-state index contributed by atoms with van der Waals surface area (Å²) in [5, 5.41) is 0.799. The van der Waals surface area contributed by atoms with Gasteiger partial charge in [-0.1, -0.05) is 18.6 Å². The summed E-state index contributed by atoms with van der Waals surface area (Å²) in [6.07, 6.45) is 5.00. The van der Waals surface area contributed by atoms with Gasteiger partial charge in [-0.25, -0.2) is 10.5 Å². The second-order valence-corrected chi connectivity index (χ2v) is 5.66. The lowest BCUT2D eigenvalue weighted by atomic mass is 10.1. The molecule has 0 aliphatic rings. The number of nitrogens with one attached hydrogen (secondary N) is 1. The molecule has 1 heterocycles. The molecule has 0 unspecified atom stereocenters. The van der Waals surface area contributed by atoms with Gasteiger partial charge in [-0.15, -0.1) is 11.3 Å². The van der Waals surface area contributed by atoms with Gasteiger partial charge in [-0.05, 0) is 34.1 Å². The summed E-state index contributed by atoms with van der Waals surface area (Å²) >= 11 is 1.59. The summed E-state index contributed by atoms with van der Waals surface area (Å²) in [5.41, 5.74) is 3.90. The van der Waals surface area contributed by atoms with E-state index in [2.05, 4.69) is 30.4 Å². The highest BCUT2D eigenvalue weighted by Gasteiger charge is 2.16. The van der Waals surface area contributed by atoms with E-state index in [0.717, 1.165) is 11.6 Å². The van der Waals surface area contributed by atoms with Gasteiger partial charge in [0.1, 0.15) is 5.60 Å². The first-order chi connectivity index (χ1) is 7.43. The van der Waals surface area contributed by atoms with Crippen LogP contribution < -0.4 is 5.48 Å². The van der Waals surface area contributed by atoms with Crippen molar-refractivity contribution in [3.05, 3.63) is 22.7 Å². The van der Waals surface area contributed by atoms with Gasteiger partial charge in [0.25, 0.3) is 0 Å². The zero-order valence-electron chi connectivity index (χ0n) is 10.6. The van der Waals surface area contributed by atoms with Crippen LogP contribution in [0.1, 0.15) is 39.0 Å². The molecule has 1 aromatic rings. The topological polar surface area (TPSA) is 34.1 Å². The lowest BCUT2D eigenvalue weighted by molar-refractivity contribution is 0.0621. The van der Waals surface area contributed by atoms with E-state index in [4.69, 9.17) is 4.84 Å². The lowest BCUT2D eigenvalue weighted by Gasteiger charge is -2.21. The molecule has 0 atom stereocenters. The molecule has 4 heteroatoms. The molecular weight excluding hydrogens is 220 g/mol. The van der Waals surface area contributed by atoms with E-state index in [1.807, 2.05) is 27.0 Å². The lowest BCUT2D eigenvalue weighted by Crippen LogP contribution is -2.25. The molecule has 0 saturated carbocycles. The Labute approximate surface area is 102 Å². The van der Waals surface area contributed by atoms with Crippen LogP contribution in [0, 0.1) is 6.92 Å². The highest BCUT2D eigenvalue weighted by atomic mass is 32.1. The zero-order chi connectivity index (χ0) is 12.2. The van der Waals surface area contributed by atoms with Crippen LogP contribution in [0.3, 0.4) is 0 Å². The highest BCUT2D eigenvalue weighted by Crippen LogP contribution is 2.20. The second-order valence-electron chi connectivity index (χ2n) is 4.43. The molecule has 3 nitrogen and oxygen atoms in total. The average Bonchev–Trinajstić information content (AvgIpc) is 2.61. The average molecular weight is 240 g/mol. The van der Waals surface area contributed by atoms with Gasteiger partial charge in [0.2, 0.25) is 5.13 Å². The van der Waals surface area contributed by atoms with Gasteiger partial charge in [0.05, 0.1) is 0 Å². The van der Waals surface area contributed by atoms with Gasteiger partial charge in [-0.3, -0.25) is 4.84 Å². The molecule has 0 radical (unpaired) electrons. The normalized spacial score (nSPS) is 12.9. The van der Waals surface area contributed by atoms with Crippen LogP contribution in [0.2, 0.25) is 0 Å². The van der Waals surface area contributed by atoms with Gasteiger partial charge in [0.15, 0.2) is 0 Å². The summed E-state index contributed by atoms with van der Waals surface area (Å²) in [4.78, 5) is 11.0. The maximum atomic E-state index is 5.62. The number of rotatable bonds is 5. The summed E-state index contributed by atoms with van der Waals surface area (Å²) in [6.45, 7) is 10.3. The van der Waals surface area contributed by atoms with E-state index in [9.17, 15) is 0 Å². The molecule has 0 spiro atoms. The van der Waals surface area contributed by atoms with Gasteiger partial charge in [0, 0.05) is 11.1 Å². The number of hydrogen-bond acceptors (Lipinski definition) is 4. The molecule has 16 heavy (non-hydrogen) atoms. The number of hydrogen-bond donors (Lipinski definition) is 1. The predicted molar refractivity (Wildman–Crippen MR) is 69.7 cm³/mol. The predicted octanol–water partition coefficient (Wildman–Crippen LogP) is 3.93. The van der Waals surface area contributed by atoms with Gasteiger partial charge >= 0.3 is 0 Å². The first-order valence-corrected chi connectivity index (χ1v) is 6.29. The van der Waals surface area contributed by atoms with Gasteiger partial charge in [-0.2, -0.15) is 0 Å². The SMILES string of the molecule is CC/C(C)=C\C(C)(C)ONc1ncc(C)s1. The van der Waals surface area contributed by atoms with E-state index in [1.54, 1.807) is 11.3 Å². The van der Waals surface area contributed by atoms with E-state index >= 15 is 0 Å². The van der Waals surface area contributed by atoms with Crippen molar-refractivity contribution in [2.45, 2.75) is 46.6 Å². The number of aryl methyl sites for hydroxylation is 1. The maximum Gasteiger partial charge on any atom is 0.207 e. The van der Waals surface area contributed by atoms with Crippen LogP contribution in [-0.4, -0.2) is 10.6 Å². The van der Waals surface area contributed by atoms with Crippen molar-refractivity contribution in [2.75, 3.05) is 5.48 Å². The first-order valence-electron chi connectivity index (χ1n) is 5.47. The Morgan fingerprint density at radius 1 is 1.62 bits per heavy atom. The Hall–Kier alpha value is -0.870. The van der Waals surface area contributed by atoms with Gasteiger partial charge < -0.3 is 0 Å². The highest BCUT2D eigenvalue weighted by molar-refractivity contribution is 7.15. The van der Waals surface area contributed by atoms with E-state index in [-0.39, 0.29) is 5.60 Å². The van der Waals surface area contributed by atoms with Crippen molar-refractivity contribution in [3.63, 3.8) is 0 Å². The van der Waals surface area contributed by atoms with E-state index in [1.165, 1.54) is 10.5 Å². The van der Waals surface area contributed by atoms with Crippen molar-refractivity contribution >= 4 is 16.5 Å². The summed E-state index contributed by atoms with van der Waals surface area (Å²) in [7, 11) is 0. The third-order valence-electron chi connectivity index (χ3n) is 2.17. The smallest absolute Gasteiger partial charge is 0.207 e. The second kappa shape index (κ2) is 5.46. The van der Waals surface area contributed by atoms with E-state index in [0.29, 0.717) is 0 Å². The number of anilines is 1. The molecule has 90 valence electrons. The molecule has 0 saturated heterocycles. The Morgan fingerprint density at radius 2 is 2.31 bits per heavy atom. The summed E-state index contributed by atoms with van der Waals surface area (Å²) in [6, 6.07) is 0. The van der Waals surface area contributed by atoms with Crippen LogP contribution in [0.5, 0.6) is 0 Å². The third kappa shape index (κ3) is 4.33. The van der Waals surface area contributed by atoms with Crippen LogP contribution in [0.25, 0.3) is 0 Å². The number of thiazole rings is 1. The van der Waals surface area contributed by atoms with Crippen LogP contribution >= 0.6 is 11.3 Å². The Morgan fingerprint density at radius 3 is 2.81 bits per heavy atom. The third-order valence-corrected chi connectivity index (χ3v) is 2.98. The van der Waals surface area contributed by atoms with Crippen LogP contribution in [-0.2, 0) is 4.84 Å². The fourth-order valence-corrected chi connectivity index (χ4v) is 1.90. The quantitative estimate of drug-likeness (QED) is 0.625. The Bertz CT molecular complexity index is 369.